The molecule has 6 nitrogen and oxygen atoms in total. The number of amides is 1. The number of hydrogen-bond donors (Lipinski definition) is 2. The van der Waals surface area contributed by atoms with Gasteiger partial charge in [0.1, 0.15) is 0 Å². The summed E-state index contributed by atoms with van der Waals surface area (Å²) in [5.41, 5.74) is 0.680. The number of nitrogens with one attached hydrogen (secondary N) is 2. The highest BCUT2D eigenvalue weighted by Gasteiger charge is 2.34. The number of rotatable bonds is 5. The number of piperidine rings is 3. The number of benzene rings is 1. The number of ketones is 1. The lowest BCUT2D eigenvalue weighted by atomic mass is 9.84. The SMILES string of the molecule is CC(=O)c1ncc(Sc2ccc(C(=O)N[C@H]3CN4CCC3CC4)cc2)[nH]1. The number of Topliss-reactive ketones (excluding diaryl/α,β-unsaturated/α-hetero) is 1. The molecule has 5 rings (SSSR count). The second-order valence-corrected chi connectivity index (χ2v) is 8.11. The molecule has 0 radical (unpaired) electrons. The number of hydrogen-bond acceptors (Lipinski definition) is 5. The Morgan fingerprint density at radius 1 is 1.23 bits per heavy atom. The number of aromatic nitrogens is 2. The Kier molecular flexibility index (Phi) is 4.82. The van der Waals surface area contributed by atoms with Gasteiger partial charge in [-0.2, -0.15) is 0 Å². The van der Waals surface area contributed by atoms with Crippen molar-refractivity contribution in [3.63, 3.8) is 0 Å². The number of carbonyl (C=O) groups excluding carboxylic acids is 2. The van der Waals surface area contributed by atoms with E-state index in [0.29, 0.717) is 17.3 Å². The van der Waals surface area contributed by atoms with E-state index in [4.69, 9.17) is 0 Å². The second-order valence-electron chi connectivity index (χ2n) is 7.00. The number of nitrogens with zero attached hydrogens (tertiary/aromatic N) is 2. The molecular formula is C19H22N4O2S. The molecule has 1 amide bonds. The third kappa shape index (κ3) is 3.68. The van der Waals surface area contributed by atoms with Crippen molar-refractivity contribution in [1.82, 2.24) is 20.2 Å². The Balaban J connectivity index is 1.37. The Labute approximate surface area is 156 Å². The minimum absolute atomic E-state index is 0.000654. The van der Waals surface area contributed by atoms with Crippen LogP contribution in [0.3, 0.4) is 0 Å². The molecule has 2 aromatic rings. The van der Waals surface area contributed by atoms with Crippen LogP contribution in [0, 0.1) is 5.92 Å². The summed E-state index contributed by atoms with van der Waals surface area (Å²) in [6.45, 7) is 4.79. The topological polar surface area (TPSA) is 78.1 Å². The fourth-order valence-corrected chi connectivity index (χ4v) is 4.50. The van der Waals surface area contributed by atoms with Gasteiger partial charge in [-0.25, -0.2) is 4.98 Å². The van der Waals surface area contributed by atoms with Crippen molar-refractivity contribution in [3.05, 3.63) is 41.9 Å². The number of carbonyl (C=O) groups is 2. The number of aromatic amines is 1. The van der Waals surface area contributed by atoms with Crippen molar-refractivity contribution in [2.75, 3.05) is 19.6 Å². The maximum Gasteiger partial charge on any atom is 0.251 e. The fraction of sp³-hybridized carbons (Fsp3) is 0.421. The van der Waals surface area contributed by atoms with Crippen LogP contribution in [0.4, 0.5) is 0 Å². The summed E-state index contributed by atoms with van der Waals surface area (Å²) in [5.74, 6) is 0.896. The zero-order valence-electron chi connectivity index (χ0n) is 14.7. The molecule has 3 saturated heterocycles. The summed E-state index contributed by atoms with van der Waals surface area (Å²) in [7, 11) is 0. The van der Waals surface area contributed by atoms with Crippen molar-refractivity contribution in [3.8, 4) is 0 Å². The van der Waals surface area contributed by atoms with Gasteiger partial charge < -0.3 is 15.2 Å². The van der Waals surface area contributed by atoms with E-state index in [-0.39, 0.29) is 17.7 Å². The molecule has 2 N–H and O–H groups in total. The maximum absolute atomic E-state index is 12.5. The van der Waals surface area contributed by atoms with E-state index in [2.05, 4.69) is 20.2 Å². The smallest absolute Gasteiger partial charge is 0.251 e. The lowest BCUT2D eigenvalue weighted by molar-refractivity contribution is 0.0620. The molecule has 4 heterocycles. The van der Waals surface area contributed by atoms with Gasteiger partial charge in [0.2, 0.25) is 0 Å². The first-order chi connectivity index (χ1) is 12.6. The molecule has 7 heteroatoms. The lowest BCUT2D eigenvalue weighted by Gasteiger charge is -2.44. The van der Waals surface area contributed by atoms with E-state index < -0.39 is 0 Å². The summed E-state index contributed by atoms with van der Waals surface area (Å²) in [6, 6.07) is 7.81. The summed E-state index contributed by atoms with van der Waals surface area (Å²) in [5, 5.41) is 4.02. The van der Waals surface area contributed by atoms with Crippen molar-refractivity contribution in [2.24, 2.45) is 5.92 Å². The van der Waals surface area contributed by atoms with Gasteiger partial charge >= 0.3 is 0 Å². The van der Waals surface area contributed by atoms with E-state index in [1.54, 1.807) is 6.20 Å². The molecule has 0 saturated carbocycles. The highest BCUT2D eigenvalue weighted by molar-refractivity contribution is 7.99. The first kappa shape index (κ1) is 17.3. The zero-order valence-corrected chi connectivity index (χ0v) is 15.5. The Hall–Kier alpha value is -2.12. The molecule has 1 atom stereocenters. The highest BCUT2D eigenvalue weighted by Crippen LogP contribution is 2.28. The molecule has 3 aliphatic heterocycles. The predicted octanol–water partition coefficient (Wildman–Crippen LogP) is 2.59. The number of H-pyrrole nitrogens is 1. The first-order valence-corrected chi connectivity index (χ1v) is 9.77. The quantitative estimate of drug-likeness (QED) is 0.791. The molecule has 3 fully saturated rings. The molecular weight excluding hydrogens is 348 g/mol. The average molecular weight is 370 g/mol. The molecule has 0 spiro atoms. The van der Waals surface area contributed by atoms with Gasteiger partial charge in [0.05, 0.1) is 11.2 Å². The van der Waals surface area contributed by atoms with Crippen molar-refractivity contribution < 1.29 is 9.59 Å². The van der Waals surface area contributed by atoms with Crippen LogP contribution in [0.1, 0.15) is 40.7 Å². The third-order valence-corrected chi connectivity index (χ3v) is 6.14. The second kappa shape index (κ2) is 7.25. The highest BCUT2D eigenvalue weighted by atomic mass is 32.2. The van der Waals surface area contributed by atoms with Crippen molar-refractivity contribution in [1.29, 1.82) is 0 Å². The summed E-state index contributed by atoms with van der Waals surface area (Å²) < 4.78 is 0. The summed E-state index contributed by atoms with van der Waals surface area (Å²) >= 11 is 1.48. The van der Waals surface area contributed by atoms with Gasteiger partial charge in [0.25, 0.3) is 5.91 Å². The van der Waals surface area contributed by atoms with Crippen molar-refractivity contribution >= 4 is 23.5 Å². The Morgan fingerprint density at radius 2 is 1.96 bits per heavy atom. The maximum atomic E-state index is 12.5. The molecule has 1 aromatic carbocycles. The molecule has 3 aliphatic rings. The molecule has 1 aromatic heterocycles. The first-order valence-electron chi connectivity index (χ1n) is 8.95. The largest absolute Gasteiger partial charge is 0.348 e. The molecule has 26 heavy (non-hydrogen) atoms. The minimum atomic E-state index is -0.0865. The molecule has 0 unspecified atom stereocenters. The Morgan fingerprint density at radius 3 is 2.54 bits per heavy atom. The van der Waals surface area contributed by atoms with Crippen LogP contribution >= 0.6 is 11.8 Å². The zero-order chi connectivity index (χ0) is 18.1. The van der Waals surface area contributed by atoms with Gasteiger partial charge in [-0.15, -0.1) is 0 Å². The van der Waals surface area contributed by atoms with E-state index in [0.717, 1.165) is 16.5 Å². The monoisotopic (exact) mass is 370 g/mol. The van der Waals surface area contributed by atoms with Crippen LogP contribution in [0.5, 0.6) is 0 Å². The van der Waals surface area contributed by atoms with Gasteiger partial charge in [-0.1, -0.05) is 11.8 Å². The third-order valence-electron chi connectivity index (χ3n) is 5.20. The molecule has 0 aliphatic carbocycles. The number of fused-ring (bicyclic) bond motifs is 3. The standard InChI is InChI=1S/C19H22N4O2S/c1-12(24)18-20-10-17(22-18)26-15-4-2-14(3-5-15)19(25)21-16-11-23-8-6-13(16)7-9-23/h2-5,10,13,16H,6-9,11H2,1H3,(H,20,22)(H,21,25)/t16-/m0/s1. The van der Waals surface area contributed by atoms with E-state index in [1.165, 1.54) is 44.6 Å². The van der Waals surface area contributed by atoms with E-state index in [1.807, 2.05) is 24.3 Å². The summed E-state index contributed by atoms with van der Waals surface area (Å²) in [4.78, 5) is 34.3. The van der Waals surface area contributed by atoms with Crippen LogP contribution in [0.15, 0.2) is 40.4 Å². The van der Waals surface area contributed by atoms with Gasteiger partial charge in [0, 0.05) is 30.0 Å². The lowest BCUT2D eigenvalue weighted by Crippen LogP contribution is -2.57. The van der Waals surface area contributed by atoms with Crippen LogP contribution in [0.2, 0.25) is 0 Å². The average Bonchev–Trinajstić information content (AvgIpc) is 3.12. The molecule has 136 valence electrons. The van der Waals surface area contributed by atoms with Crippen LogP contribution in [-0.4, -0.2) is 52.2 Å². The predicted molar refractivity (Wildman–Crippen MR) is 99.6 cm³/mol. The van der Waals surface area contributed by atoms with Gasteiger partial charge in [-0.05, 0) is 56.1 Å². The fourth-order valence-electron chi connectivity index (χ4n) is 3.72. The van der Waals surface area contributed by atoms with E-state index in [9.17, 15) is 9.59 Å². The van der Waals surface area contributed by atoms with Crippen LogP contribution in [-0.2, 0) is 0 Å². The normalized spacial score (nSPS) is 24.4. The van der Waals surface area contributed by atoms with Crippen LogP contribution in [0.25, 0.3) is 0 Å². The van der Waals surface area contributed by atoms with E-state index >= 15 is 0 Å². The van der Waals surface area contributed by atoms with Crippen molar-refractivity contribution in [2.45, 2.75) is 35.7 Å². The Bertz CT molecular complexity index is 809. The molecule has 2 bridgehead atoms. The van der Waals surface area contributed by atoms with Gasteiger partial charge in [0.15, 0.2) is 11.6 Å². The van der Waals surface area contributed by atoms with Crippen LogP contribution < -0.4 is 5.32 Å². The summed E-state index contributed by atoms with van der Waals surface area (Å²) in [6.07, 6.45) is 4.02. The number of imidazole rings is 1. The van der Waals surface area contributed by atoms with Gasteiger partial charge in [-0.3, -0.25) is 9.59 Å². The minimum Gasteiger partial charge on any atom is -0.348 e.